The van der Waals surface area contributed by atoms with E-state index in [1.54, 1.807) is 6.20 Å². The van der Waals surface area contributed by atoms with Gasteiger partial charge in [0.2, 0.25) is 0 Å². The molecule has 0 fully saturated rings. The van der Waals surface area contributed by atoms with Crippen LogP contribution in [0.4, 0.5) is 0 Å². The molecule has 4 heteroatoms. The average molecular weight is 358 g/mol. The highest BCUT2D eigenvalue weighted by Crippen LogP contribution is 2.31. The van der Waals surface area contributed by atoms with Gasteiger partial charge in [0.25, 0.3) is 0 Å². The van der Waals surface area contributed by atoms with Gasteiger partial charge in [-0.05, 0) is 45.8 Å². The molecule has 0 saturated heterocycles. The second-order valence-electron chi connectivity index (χ2n) is 6.92. The maximum atomic E-state index is 4.50. The van der Waals surface area contributed by atoms with Crippen LogP contribution in [0.25, 0.3) is 54.6 Å². The van der Waals surface area contributed by atoms with Gasteiger partial charge < -0.3 is 0 Å². The van der Waals surface area contributed by atoms with Crippen molar-refractivity contribution >= 4 is 43.4 Å². The zero-order valence-corrected chi connectivity index (χ0v) is 14.9. The van der Waals surface area contributed by atoms with E-state index in [0.29, 0.717) is 0 Å². The van der Waals surface area contributed by atoms with E-state index in [9.17, 15) is 0 Å². The van der Waals surface area contributed by atoms with Crippen molar-refractivity contribution in [2.24, 2.45) is 0 Å². The van der Waals surface area contributed by atoms with Crippen molar-refractivity contribution in [3.8, 4) is 11.3 Å². The van der Waals surface area contributed by atoms with E-state index in [-0.39, 0.29) is 0 Å². The molecule has 2 heterocycles. The van der Waals surface area contributed by atoms with Gasteiger partial charge in [-0.2, -0.15) is 10.2 Å². The summed E-state index contributed by atoms with van der Waals surface area (Å²) in [7, 11) is 0. The number of hydrogen-bond acceptors (Lipinski definition) is 4. The highest BCUT2D eigenvalue weighted by Gasteiger charge is 2.11. The highest BCUT2D eigenvalue weighted by atomic mass is 15.1. The van der Waals surface area contributed by atoms with E-state index in [0.717, 1.165) is 38.4 Å². The Morgan fingerprint density at radius 3 is 2.18 bits per heavy atom. The zero-order chi connectivity index (χ0) is 18.5. The predicted molar refractivity (Wildman–Crippen MR) is 113 cm³/mol. The smallest absolute Gasteiger partial charge is 0.0959 e. The summed E-state index contributed by atoms with van der Waals surface area (Å²) in [4.78, 5) is 0. The topological polar surface area (TPSA) is 51.6 Å². The number of aromatic nitrogens is 4. The fourth-order valence-electron chi connectivity index (χ4n) is 3.88. The molecule has 0 saturated carbocycles. The van der Waals surface area contributed by atoms with Gasteiger partial charge in [-0.25, -0.2) is 0 Å². The largest absolute Gasteiger partial charge is 0.158 e. The lowest BCUT2D eigenvalue weighted by Crippen LogP contribution is -1.94. The first-order valence-corrected chi connectivity index (χ1v) is 9.17. The fraction of sp³-hybridized carbons (Fsp3) is 0. The van der Waals surface area contributed by atoms with Crippen LogP contribution in [0.2, 0.25) is 0 Å². The summed E-state index contributed by atoms with van der Waals surface area (Å²) in [5.74, 6) is 0. The van der Waals surface area contributed by atoms with Crippen LogP contribution in [-0.2, 0) is 0 Å². The maximum Gasteiger partial charge on any atom is 0.0959 e. The Balaban J connectivity index is 1.67. The van der Waals surface area contributed by atoms with Crippen LogP contribution in [0.5, 0.6) is 0 Å². The lowest BCUT2D eigenvalue weighted by atomic mass is 10.0. The summed E-state index contributed by atoms with van der Waals surface area (Å²) in [5.41, 5.74) is 3.49. The molecule has 130 valence electrons. The Morgan fingerprint density at radius 2 is 1.29 bits per heavy atom. The van der Waals surface area contributed by atoms with Gasteiger partial charge >= 0.3 is 0 Å². The van der Waals surface area contributed by atoms with Crippen molar-refractivity contribution in [1.29, 1.82) is 0 Å². The summed E-state index contributed by atoms with van der Waals surface area (Å²) in [6.07, 6.45) is 1.78. The molecule has 0 aliphatic rings. The summed E-state index contributed by atoms with van der Waals surface area (Å²) in [5, 5.41) is 24.3. The van der Waals surface area contributed by atoms with Gasteiger partial charge in [-0.1, -0.05) is 54.6 Å². The standard InChI is InChI=1S/C24H14N4/c1-2-7-17-12-23-19(11-16(17)6-1)21(14-25-26-23)24-13-20-18-8-4-3-5-15(18)9-10-22(20)27-28-24/h1-14H. The first-order chi connectivity index (χ1) is 13.9. The van der Waals surface area contributed by atoms with Crippen molar-refractivity contribution in [2.45, 2.75) is 0 Å². The van der Waals surface area contributed by atoms with E-state index < -0.39 is 0 Å². The molecule has 0 bridgehead atoms. The molecule has 0 spiro atoms. The SMILES string of the molecule is c1ccc2cc3c(-c4cc5c(ccc6ccccc65)nn4)cnnc3cc2c1. The molecule has 4 nitrogen and oxygen atoms in total. The van der Waals surface area contributed by atoms with Crippen molar-refractivity contribution in [3.05, 3.63) is 85.1 Å². The van der Waals surface area contributed by atoms with Crippen molar-refractivity contribution in [3.63, 3.8) is 0 Å². The third-order valence-corrected chi connectivity index (χ3v) is 5.28. The van der Waals surface area contributed by atoms with Gasteiger partial charge in [0.05, 0.1) is 22.9 Å². The zero-order valence-electron chi connectivity index (χ0n) is 14.9. The molecule has 0 amide bonds. The Kier molecular flexibility index (Phi) is 3.14. The van der Waals surface area contributed by atoms with Crippen LogP contribution >= 0.6 is 0 Å². The summed E-state index contributed by atoms with van der Waals surface area (Å²) < 4.78 is 0. The van der Waals surface area contributed by atoms with Crippen molar-refractivity contribution < 1.29 is 0 Å². The van der Waals surface area contributed by atoms with Crippen LogP contribution in [0.1, 0.15) is 0 Å². The average Bonchev–Trinajstić information content (AvgIpc) is 2.77. The van der Waals surface area contributed by atoms with Gasteiger partial charge in [0, 0.05) is 16.3 Å². The second-order valence-corrected chi connectivity index (χ2v) is 6.92. The van der Waals surface area contributed by atoms with Gasteiger partial charge in [0.15, 0.2) is 0 Å². The molecule has 0 N–H and O–H groups in total. The summed E-state index contributed by atoms with van der Waals surface area (Å²) in [6, 6.07) is 27.1. The Bertz CT molecular complexity index is 1520. The molecule has 6 rings (SSSR count). The molecule has 0 unspecified atom stereocenters. The number of hydrogen-bond donors (Lipinski definition) is 0. The van der Waals surface area contributed by atoms with E-state index in [1.165, 1.54) is 16.2 Å². The normalized spacial score (nSPS) is 11.6. The maximum absolute atomic E-state index is 4.50. The second kappa shape index (κ2) is 5.79. The van der Waals surface area contributed by atoms with E-state index in [4.69, 9.17) is 0 Å². The van der Waals surface area contributed by atoms with Crippen LogP contribution < -0.4 is 0 Å². The van der Waals surface area contributed by atoms with Crippen LogP contribution in [0, 0.1) is 0 Å². The number of nitrogens with zero attached hydrogens (tertiary/aromatic N) is 4. The summed E-state index contributed by atoms with van der Waals surface area (Å²) >= 11 is 0. The summed E-state index contributed by atoms with van der Waals surface area (Å²) in [6.45, 7) is 0. The minimum absolute atomic E-state index is 0.805. The van der Waals surface area contributed by atoms with Gasteiger partial charge in [0.1, 0.15) is 0 Å². The number of fused-ring (bicyclic) bond motifs is 5. The Morgan fingerprint density at radius 1 is 0.500 bits per heavy atom. The van der Waals surface area contributed by atoms with E-state index in [1.807, 2.05) is 18.2 Å². The van der Waals surface area contributed by atoms with Crippen LogP contribution in [0.3, 0.4) is 0 Å². The first-order valence-electron chi connectivity index (χ1n) is 9.17. The number of rotatable bonds is 1. The molecule has 0 radical (unpaired) electrons. The molecular formula is C24H14N4. The third kappa shape index (κ3) is 2.25. The van der Waals surface area contributed by atoms with Crippen LogP contribution in [-0.4, -0.2) is 20.4 Å². The lowest BCUT2D eigenvalue weighted by Gasteiger charge is -2.08. The monoisotopic (exact) mass is 358 g/mol. The minimum atomic E-state index is 0.805. The van der Waals surface area contributed by atoms with Gasteiger partial charge in [-0.3, -0.25) is 0 Å². The first kappa shape index (κ1) is 15.2. The van der Waals surface area contributed by atoms with Crippen LogP contribution in [0.15, 0.2) is 85.1 Å². The lowest BCUT2D eigenvalue weighted by molar-refractivity contribution is 1.06. The Hall–Kier alpha value is -3.92. The molecular weight excluding hydrogens is 344 g/mol. The third-order valence-electron chi connectivity index (χ3n) is 5.28. The number of benzene rings is 4. The molecule has 4 aromatic carbocycles. The minimum Gasteiger partial charge on any atom is -0.158 e. The van der Waals surface area contributed by atoms with Crippen molar-refractivity contribution in [2.75, 3.05) is 0 Å². The van der Waals surface area contributed by atoms with Crippen molar-refractivity contribution in [1.82, 2.24) is 20.4 Å². The highest BCUT2D eigenvalue weighted by molar-refractivity contribution is 6.08. The van der Waals surface area contributed by atoms with Gasteiger partial charge in [-0.15, -0.1) is 10.2 Å². The quantitative estimate of drug-likeness (QED) is 0.286. The molecule has 0 atom stereocenters. The predicted octanol–water partition coefficient (Wildman–Crippen LogP) is 5.55. The van der Waals surface area contributed by atoms with E-state index >= 15 is 0 Å². The molecule has 0 aliphatic heterocycles. The fourth-order valence-corrected chi connectivity index (χ4v) is 3.88. The van der Waals surface area contributed by atoms with E-state index in [2.05, 4.69) is 81.1 Å². The molecule has 6 aromatic rings. The Labute approximate surface area is 160 Å². The molecule has 2 aromatic heterocycles. The molecule has 0 aliphatic carbocycles. The molecule has 28 heavy (non-hydrogen) atoms.